The second-order valence-corrected chi connectivity index (χ2v) is 22.6. The van der Waals surface area contributed by atoms with Gasteiger partial charge in [-0.2, -0.15) is 4.57 Å². The van der Waals surface area contributed by atoms with Gasteiger partial charge in [-0.1, -0.05) is 153 Å². The number of aromatic nitrogens is 3. The molecular weight excluding hydrogens is 827 g/mol. The maximum Gasteiger partial charge on any atom is 0.499 e. The van der Waals surface area contributed by atoms with E-state index in [2.05, 4.69) is 197 Å². The molecule has 1 unspecified atom stereocenters. The number of para-hydroxylation sites is 1. The fourth-order valence-electron chi connectivity index (χ4n) is 11.1. The van der Waals surface area contributed by atoms with Gasteiger partial charge in [-0.05, 0) is 141 Å². The van der Waals surface area contributed by atoms with E-state index in [0.717, 1.165) is 95.2 Å². The van der Waals surface area contributed by atoms with Crippen molar-refractivity contribution in [1.29, 1.82) is 0 Å². The average Bonchev–Trinajstić information content (AvgIpc) is 3.82. The van der Waals surface area contributed by atoms with Crippen molar-refractivity contribution in [1.82, 2.24) is 4.57 Å². The monoisotopic (exact) mass is 892 g/mol. The molecule has 0 fully saturated rings. The highest BCUT2D eigenvalue weighted by Gasteiger charge is 2.69. The maximum atomic E-state index is 9.42. The lowest BCUT2D eigenvalue weighted by atomic mass is 9.80. The third kappa shape index (κ3) is 6.05. The molecule has 9 aromatic rings. The molecule has 68 heavy (non-hydrogen) atoms. The molecule has 0 radical (unpaired) electrons. The molecule has 3 aliphatic rings. The predicted octanol–water partition coefficient (Wildman–Crippen LogP) is 15.3. The van der Waals surface area contributed by atoms with Crippen LogP contribution in [0.15, 0.2) is 152 Å². The molecule has 336 valence electrons. The van der Waals surface area contributed by atoms with Crippen LogP contribution in [0.25, 0.3) is 83.9 Å². The molecule has 4 nitrogen and oxygen atoms in total. The first-order valence-electron chi connectivity index (χ1n) is 26.1. The van der Waals surface area contributed by atoms with Crippen molar-refractivity contribution in [3.8, 4) is 78.6 Å². The topological polar surface area (TPSA) is 21.9 Å². The summed E-state index contributed by atoms with van der Waals surface area (Å²) in [7, 11) is 0. The summed E-state index contributed by atoms with van der Waals surface area (Å²) in [4.78, 5) is 0. The highest BCUT2D eigenvalue weighted by Crippen LogP contribution is 2.55. The van der Waals surface area contributed by atoms with Crippen molar-refractivity contribution >= 4 is 11.0 Å². The van der Waals surface area contributed by atoms with Crippen LogP contribution in [0.4, 0.5) is 0 Å². The minimum atomic E-state index is -1.25. The first-order valence-corrected chi connectivity index (χ1v) is 24.1. The van der Waals surface area contributed by atoms with Crippen LogP contribution in [0.2, 0.25) is 0 Å². The normalized spacial score (nSPS) is 16.4. The molecule has 0 N–H and O–H groups in total. The number of aryl methyl sites for hydroxylation is 3. The summed E-state index contributed by atoms with van der Waals surface area (Å²) in [5.41, 5.74) is 20.1. The number of hydrogen-bond donors (Lipinski definition) is 0. The van der Waals surface area contributed by atoms with E-state index in [1.807, 2.05) is 26.8 Å². The highest BCUT2D eigenvalue weighted by molar-refractivity contribution is 5.99. The number of rotatable bonds is 4. The summed E-state index contributed by atoms with van der Waals surface area (Å²) in [5, 5.41) is 0. The average molecular weight is 892 g/mol. The Labute approximate surface area is 407 Å². The van der Waals surface area contributed by atoms with Crippen LogP contribution in [0.1, 0.15) is 107 Å². The molecule has 3 aliphatic heterocycles. The van der Waals surface area contributed by atoms with Crippen molar-refractivity contribution in [3.05, 3.63) is 191 Å². The van der Waals surface area contributed by atoms with E-state index in [1.165, 1.54) is 16.7 Å². The second kappa shape index (κ2) is 14.2. The Morgan fingerprint density at radius 3 is 1.88 bits per heavy atom. The number of ether oxygens (including phenoxy) is 1. The molecule has 1 atom stereocenters. The van der Waals surface area contributed by atoms with Crippen LogP contribution < -0.4 is 13.9 Å². The molecule has 2 aromatic heterocycles. The molecule has 7 aromatic carbocycles. The molecule has 12 rings (SSSR count). The van der Waals surface area contributed by atoms with Crippen molar-refractivity contribution in [3.63, 3.8) is 0 Å². The first-order chi connectivity index (χ1) is 34.0. The smallest absolute Gasteiger partial charge is 0.392 e. The SMILES string of the molecule is [2H]c1c([2H])c(C(C)(C)C)c([2H])c([2H])c1-c1cc[n+]2c(c1)-c1cc(C(C)(C)C)cc3c1C21Oc2c(C)cc(C)cc2-c2n(-c4cc(-c5ccccc5)c(C)cc4-c4ccc(C(C)(C)C)cc4)c4cccc-3c4[n+]21. The van der Waals surface area contributed by atoms with E-state index < -0.39 is 11.3 Å². The fourth-order valence-corrected chi connectivity index (χ4v) is 11.1. The molecule has 0 amide bonds. The van der Waals surface area contributed by atoms with Gasteiger partial charge in [0.05, 0.1) is 11.0 Å². The predicted molar refractivity (Wildman–Crippen MR) is 280 cm³/mol. The summed E-state index contributed by atoms with van der Waals surface area (Å²) >= 11 is 0. The van der Waals surface area contributed by atoms with Gasteiger partial charge in [-0.3, -0.25) is 0 Å². The number of pyridine rings is 1. The van der Waals surface area contributed by atoms with Crippen LogP contribution in [0.3, 0.4) is 0 Å². The molecule has 5 heterocycles. The third-order valence-electron chi connectivity index (χ3n) is 14.7. The zero-order valence-corrected chi connectivity index (χ0v) is 41.4. The number of benzene rings is 7. The third-order valence-corrected chi connectivity index (χ3v) is 14.7. The molecule has 0 aliphatic carbocycles. The summed E-state index contributed by atoms with van der Waals surface area (Å²) in [6.45, 7) is 25.9. The Balaban J connectivity index is 1.24. The Kier molecular flexibility index (Phi) is 7.96. The van der Waals surface area contributed by atoms with E-state index in [9.17, 15) is 5.48 Å². The van der Waals surface area contributed by atoms with Gasteiger partial charge < -0.3 is 4.74 Å². The minimum Gasteiger partial charge on any atom is -0.392 e. The van der Waals surface area contributed by atoms with Crippen molar-refractivity contribution in [2.45, 2.75) is 105 Å². The lowest BCUT2D eigenvalue weighted by Gasteiger charge is -2.33. The van der Waals surface area contributed by atoms with E-state index in [4.69, 9.17) is 4.74 Å². The number of imidazole rings is 1. The molecule has 0 saturated heterocycles. The summed E-state index contributed by atoms with van der Waals surface area (Å²) < 4.78 is 52.4. The number of hydrogen-bond acceptors (Lipinski definition) is 1. The standard InChI is InChI=1S/C64H61N3O/c1-38-31-40(3)59-53(32-38)60-66(56-37-49(42-17-14-13-15-18-42)39(2)33-50(56)43-23-27-46(28-24-43)62(7,8)9)54-20-16-19-48-51-35-47(63(10,11)12)36-52-55-34-44(41-21-25-45(26-22-41)61(4,5)6)29-30-65(55)64(68-59,57(51)52)67(60)58(48)54/h13-37H,1-12H3/q+2/i21D,22D,25D,26D. The zero-order chi connectivity index (χ0) is 50.9. The van der Waals surface area contributed by atoms with Gasteiger partial charge >= 0.3 is 11.7 Å². The molecular formula is C64H61N3O+2. The Hall–Kier alpha value is -7.04. The molecule has 0 bridgehead atoms. The van der Waals surface area contributed by atoms with Gasteiger partial charge in [0.1, 0.15) is 16.8 Å². The van der Waals surface area contributed by atoms with Crippen LogP contribution in [0.5, 0.6) is 5.75 Å². The van der Waals surface area contributed by atoms with Gasteiger partial charge in [-0.15, -0.1) is 9.13 Å². The van der Waals surface area contributed by atoms with Crippen LogP contribution in [0, 0.1) is 20.8 Å². The van der Waals surface area contributed by atoms with Gasteiger partial charge in [0, 0.05) is 28.8 Å². The maximum absolute atomic E-state index is 9.42. The van der Waals surface area contributed by atoms with E-state index in [-0.39, 0.29) is 40.6 Å². The minimum absolute atomic E-state index is 0.00405. The number of nitrogens with zero attached hydrogens (tertiary/aromatic N) is 3. The van der Waals surface area contributed by atoms with E-state index >= 15 is 0 Å². The largest absolute Gasteiger partial charge is 0.499 e. The lowest BCUT2D eigenvalue weighted by Crippen LogP contribution is -2.78. The van der Waals surface area contributed by atoms with E-state index in [0.29, 0.717) is 11.1 Å². The molecule has 1 spiro atoms. The quantitative estimate of drug-likeness (QED) is 0.161. The summed E-state index contributed by atoms with van der Waals surface area (Å²) in [6.07, 6.45) is 2.05. The van der Waals surface area contributed by atoms with Crippen molar-refractivity contribution in [2.24, 2.45) is 0 Å². The number of fused-ring (bicyclic) bond motifs is 5. The second-order valence-electron chi connectivity index (χ2n) is 22.6. The van der Waals surface area contributed by atoms with Gasteiger partial charge in [-0.25, -0.2) is 0 Å². The summed E-state index contributed by atoms with van der Waals surface area (Å²) in [6, 6.07) is 44.4. The Bertz CT molecular complexity index is 3820. The van der Waals surface area contributed by atoms with Crippen molar-refractivity contribution in [2.75, 3.05) is 0 Å². The highest BCUT2D eigenvalue weighted by atomic mass is 16.5. The van der Waals surface area contributed by atoms with Gasteiger partial charge in [0.2, 0.25) is 5.69 Å². The van der Waals surface area contributed by atoms with Gasteiger partial charge in [0.25, 0.3) is 0 Å². The fraction of sp³-hybridized carbons (Fsp3) is 0.250. The Morgan fingerprint density at radius 2 is 1.19 bits per heavy atom. The van der Waals surface area contributed by atoms with Crippen LogP contribution in [-0.4, -0.2) is 4.57 Å². The first kappa shape index (κ1) is 38.0. The van der Waals surface area contributed by atoms with Crippen molar-refractivity contribution < 1.29 is 19.4 Å². The van der Waals surface area contributed by atoms with Crippen LogP contribution >= 0.6 is 0 Å². The molecule has 0 saturated carbocycles. The van der Waals surface area contributed by atoms with Gasteiger partial charge in [0.15, 0.2) is 23.0 Å². The van der Waals surface area contributed by atoms with Crippen LogP contribution in [-0.2, 0) is 22.1 Å². The molecule has 4 heteroatoms. The summed E-state index contributed by atoms with van der Waals surface area (Å²) in [5.74, 6) is 0.555. The Morgan fingerprint density at radius 1 is 0.515 bits per heavy atom. The zero-order valence-electron chi connectivity index (χ0n) is 45.4. The van der Waals surface area contributed by atoms with E-state index in [1.54, 1.807) is 0 Å². The lowest BCUT2D eigenvalue weighted by molar-refractivity contribution is -0.997.